The first kappa shape index (κ1) is 12.7. The quantitative estimate of drug-likeness (QED) is 0.826. The number of nitriles is 1. The predicted octanol–water partition coefficient (Wildman–Crippen LogP) is 0.309. The Morgan fingerprint density at radius 3 is 2.50 bits per heavy atom. The second-order valence-electron chi connectivity index (χ2n) is 4.08. The second kappa shape index (κ2) is 3.88. The average molecular weight is 242 g/mol. The summed E-state index contributed by atoms with van der Waals surface area (Å²) in [5.74, 6) is 0.593. The van der Waals surface area contributed by atoms with Crippen molar-refractivity contribution in [3.05, 3.63) is 12.0 Å². The van der Waals surface area contributed by atoms with Crippen molar-refractivity contribution in [1.29, 1.82) is 5.26 Å². The predicted molar refractivity (Wildman–Crippen MR) is 58.0 cm³/mol. The third-order valence-corrected chi connectivity index (χ3v) is 3.56. The minimum atomic E-state index is -3.74. The van der Waals surface area contributed by atoms with Crippen molar-refractivity contribution < 1.29 is 8.42 Å². The smallest absolute Gasteiger partial charge is 0.260 e. The van der Waals surface area contributed by atoms with Crippen LogP contribution >= 0.6 is 0 Å². The highest BCUT2D eigenvalue weighted by atomic mass is 32.2. The summed E-state index contributed by atoms with van der Waals surface area (Å²) >= 11 is 0. The molecule has 0 saturated heterocycles. The zero-order chi connectivity index (χ0) is 12.6. The van der Waals surface area contributed by atoms with Crippen LogP contribution in [0.4, 0.5) is 0 Å². The van der Waals surface area contributed by atoms with Crippen LogP contribution in [-0.4, -0.2) is 23.5 Å². The first-order chi connectivity index (χ1) is 7.18. The molecule has 16 heavy (non-hydrogen) atoms. The molecule has 1 aromatic heterocycles. The molecule has 0 aliphatic heterocycles. The Morgan fingerprint density at radius 1 is 1.56 bits per heavy atom. The van der Waals surface area contributed by atoms with Gasteiger partial charge in [-0.3, -0.25) is 0 Å². The van der Waals surface area contributed by atoms with Gasteiger partial charge in [-0.1, -0.05) is 0 Å². The molecule has 0 saturated carbocycles. The number of imidazole rings is 1. The van der Waals surface area contributed by atoms with Gasteiger partial charge >= 0.3 is 0 Å². The average Bonchev–Trinajstić information content (AvgIpc) is 2.46. The van der Waals surface area contributed by atoms with E-state index in [-0.39, 0.29) is 5.03 Å². The topological polar surface area (TPSA) is 87.8 Å². The Balaban J connectivity index is 3.10. The lowest BCUT2D eigenvalue weighted by molar-refractivity contribution is 0.533. The molecule has 0 bridgehead atoms. The third kappa shape index (κ3) is 2.59. The van der Waals surface area contributed by atoms with E-state index in [9.17, 15) is 8.42 Å². The maximum atomic E-state index is 11.8. The van der Waals surface area contributed by atoms with Gasteiger partial charge < -0.3 is 4.57 Å². The first-order valence-electron chi connectivity index (χ1n) is 4.63. The molecule has 0 spiro atoms. The van der Waals surface area contributed by atoms with Crippen LogP contribution in [0.2, 0.25) is 0 Å². The number of aromatic nitrogens is 2. The van der Waals surface area contributed by atoms with Gasteiger partial charge in [0.1, 0.15) is 11.4 Å². The van der Waals surface area contributed by atoms with Crippen LogP contribution in [0.25, 0.3) is 0 Å². The van der Waals surface area contributed by atoms with Crippen molar-refractivity contribution in [3.63, 3.8) is 0 Å². The monoisotopic (exact) mass is 242 g/mol. The van der Waals surface area contributed by atoms with Crippen LogP contribution in [0.3, 0.4) is 0 Å². The molecule has 88 valence electrons. The van der Waals surface area contributed by atoms with Crippen LogP contribution < -0.4 is 4.72 Å². The minimum Gasteiger partial charge on any atom is -0.337 e. The fourth-order valence-corrected chi connectivity index (χ4v) is 2.44. The van der Waals surface area contributed by atoms with E-state index in [0.29, 0.717) is 5.82 Å². The van der Waals surface area contributed by atoms with Gasteiger partial charge in [0, 0.05) is 13.2 Å². The van der Waals surface area contributed by atoms with Gasteiger partial charge in [0.05, 0.1) is 6.07 Å². The molecule has 0 aliphatic rings. The number of hydrogen-bond acceptors (Lipinski definition) is 4. The summed E-state index contributed by atoms with van der Waals surface area (Å²) < 4.78 is 27.5. The van der Waals surface area contributed by atoms with Crippen molar-refractivity contribution in [2.45, 2.75) is 31.3 Å². The Labute approximate surface area is 95.0 Å². The number of nitrogens with one attached hydrogen (secondary N) is 1. The Morgan fingerprint density at radius 2 is 2.12 bits per heavy atom. The van der Waals surface area contributed by atoms with E-state index in [4.69, 9.17) is 5.26 Å². The minimum absolute atomic E-state index is 0.0733. The summed E-state index contributed by atoms with van der Waals surface area (Å²) in [5.41, 5.74) is -1.15. The van der Waals surface area contributed by atoms with Crippen molar-refractivity contribution in [1.82, 2.24) is 14.3 Å². The standard InChI is InChI=1S/C9H14N4O2S/c1-7-11-8(5-13(7)4)16(14,15)12-9(2,3)6-10/h5,12H,1-4H3. The summed E-state index contributed by atoms with van der Waals surface area (Å²) in [6.07, 6.45) is 1.41. The maximum Gasteiger partial charge on any atom is 0.260 e. The van der Waals surface area contributed by atoms with E-state index in [1.807, 2.05) is 6.07 Å². The zero-order valence-corrected chi connectivity index (χ0v) is 10.5. The lowest BCUT2D eigenvalue weighted by Crippen LogP contribution is -2.42. The number of nitrogens with zero attached hydrogens (tertiary/aromatic N) is 3. The van der Waals surface area contributed by atoms with Gasteiger partial charge in [0.25, 0.3) is 10.0 Å². The highest BCUT2D eigenvalue weighted by molar-refractivity contribution is 7.89. The van der Waals surface area contributed by atoms with Gasteiger partial charge in [-0.2, -0.15) is 9.98 Å². The third-order valence-electron chi connectivity index (χ3n) is 2.03. The van der Waals surface area contributed by atoms with E-state index in [1.54, 1.807) is 18.5 Å². The van der Waals surface area contributed by atoms with Crippen molar-refractivity contribution in [3.8, 4) is 6.07 Å². The van der Waals surface area contributed by atoms with E-state index in [0.717, 1.165) is 0 Å². The van der Waals surface area contributed by atoms with Gasteiger partial charge in [0.2, 0.25) is 0 Å². The number of sulfonamides is 1. The lowest BCUT2D eigenvalue weighted by Gasteiger charge is -2.15. The fourth-order valence-electron chi connectivity index (χ4n) is 1.07. The molecule has 0 unspecified atom stereocenters. The highest BCUT2D eigenvalue weighted by Crippen LogP contribution is 2.11. The Bertz CT molecular complexity index is 517. The number of rotatable bonds is 3. The molecule has 1 aromatic rings. The molecular weight excluding hydrogens is 228 g/mol. The Kier molecular flexibility index (Phi) is 3.08. The largest absolute Gasteiger partial charge is 0.337 e. The summed E-state index contributed by atoms with van der Waals surface area (Å²) in [6, 6.07) is 1.86. The highest BCUT2D eigenvalue weighted by Gasteiger charge is 2.27. The molecule has 0 amide bonds. The fraction of sp³-hybridized carbons (Fsp3) is 0.556. The molecule has 1 heterocycles. The SMILES string of the molecule is Cc1nc(S(=O)(=O)NC(C)(C)C#N)cn1C. The molecule has 7 heteroatoms. The van der Waals surface area contributed by atoms with E-state index in [2.05, 4.69) is 9.71 Å². The van der Waals surface area contributed by atoms with Crippen LogP contribution in [-0.2, 0) is 17.1 Å². The summed E-state index contributed by atoms with van der Waals surface area (Å²) in [4.78, 5) is 3.90. The first-order valence-corrected chi connectivity index (χ1v) is 6.11. The van der Waals surface area contributed by atoms with Gasteiger partial charge in [-0.15, -0.1) is 0 Å². The molecule has 0 aliphatic carbocycles. The van der Waals surface area contributed by atoms with Gasteiger partial charge in [-0.25, -0.2) is 13.4 Å². The van der Waals surface area contributed by atoms with E-state index in [1.165, 1.54) is 20.0 Å². The van der Waals surface area contributed by atoms with Crippen LogP contribution in [0.1, 0.15) is 19.7 Å². The molecule has 6 nitrogen and oxygen atoms in total. The van der Waals surface area contributed by atoms with Gasteiger partial charge in [-0.05, 0) is 20.8 Å². The van der Waals surface area contributed by atoms with E-state index < -0.39 is 15.6 Å². The molecular formula is C9H14N4O2S. The number of hydrogen-bond donors (Lipinski definition) is 1. The summed E-state index contributed by atoms with van der Waals surface area (Å²) in [5, 5.41) is 8.69. The number of aryl methyl sites for hydroxylation is 2. The molecule has 1 rings (SSSR count). The van der Waals surface area contributed by atoms with Crippen molar-refractivity contribution >= 4 is 10.0 Å². The molecule has 0 atom stereocenters. The Hall–Kier alpha value is -1.39. The lowest BCUT2D eigenvalue weighted by atomic mass is 10.1. The van der Waals surface area contributed by atoms with Crippen LogP contribution in [0.5, 0.6) is 0 Å². The van der Waals surface area contributed by atoms with Gasteiger partial charge in [0.15, 0.2) is 5.03 Å². The second-order valence-corrected chi connectivity index (χ2v) is 5.71. The normalized spacial score (nSPS) is 12.4. The van der Waals surface area contributed by atoms with Crippen molar-refractivity contribution in [2.75, 3.05) is 0 Å². The zero-order valence-electron chi connectivity index (χ0n) is 9.64. The van der Waals surface area contributed by atoms with E-state index >= 15 is 0 Å². The molecule has 1 N–H and O–H groups in total. The molecule has 0 fully saturated rings. The summed E-state index contributed by atoms with van der Waals surface area (Å²) in [6.45, 7) is 4.68. The summed E-state index contributed by atoms with van der Waals surface area (Å²) in [7, 11) is -2.03. The van der Waals surface area contributed by atoms with Crippen LogP contribution in [0.15, 0.2) is 11.2 Å². The molecule has 0 aromatic carbocycles. The van der Waals surface area contributed by atoms with Crippen LogP contribution in [0, 0.1) is 18.3 Å². The maximum absolute atomic E-state index is 11.8. The van der Waals surface area contributed by atoms with Crippen molar-refractivity contribution in [2.24, 2.45) is 7.05 Å². The molecule has 0 radical (unpaired) electrons.